The van der Waals surface area contributed by atoms with E-state index in [1.165, 1.54) is 50.5 Å². The number of rotatable bonds is 11. The van der Waals surface area contributed by atoms with E-state index < -0.39 is 11.5 Å². The molecule has 1 amide bonds. The Hall–Kier alpha value is -0.870. The molecule has 0 radical (unpaired) electrons. The quantitative estimate of drug-likeness (QED) is 0.122. The molecule has 0 heterocycles. The van der Waals surface area contributed by atoms with Gasteiger partial charge in [0.2, 0.25) is 0 Å². The maximum Gasteiger partial charge on any atom is 0.278 e. The fourth-order valence-corrected chi connectivity index (χ4v) is 9.88. The summed E-state index contributed by atoms with van der Waals surface area (Å²) in [5.41, 5.74) is 0.394. The molecule has 2 N–H and O–H groups in total. The molecule has 0 aromatic heterocycles. The van der Waals surface area contributed by atoms with E-state index in [1.54, 1.807) is 0 Å². The van der Waals surface area contributed by atoms with Crippen LogP contribution in [-0.4, -0.2) is 33.4 Å². The Morgan fingerprint density at radius 2 is 1.76 bits per heavy atom. The molecule has 4 aliphatic rings. The summed E-state index contributed by atoms with van der Waals surface area (Å²) < 4.78 is 0. The first-order valence-corrected chi connectivity index (χ1v) is 16.4. The minimum atomic E-state index is -1.45. The van der Waals surface area contributed by atoms with Gasteiger partial charge in [-0.05, 0) is 97.7 Å². The molecule has 0 saturated heterocycles. The van der Waals surface area contributed by atoms with E-state index in [9.17, 15) is 15.1 Å². The number of fused-ring (bicyclic) bond motifs is 5. The Balaban J connectivity index is 1.43. The lowest BCUT2D eigenvalue weighted by atomic mass is 9.46. The average Bonchev–Trinajstić information content (AvgIpc) is 3.23. The van der Waals surface area contributed by atoms with Crippen LogP contribution in [0.15, 0.2) is 11.6 Å². The number of hydrogen-bond donors (Lipinski definition) is 2. The van der Waals surface area contributed by atoms with Crippen molar-refractivity contribution in [2.45, 2.75) is 143 Å². The molecule has 8 atom stereocenters. The third-order valence-electron chi connectivity index (χ3n) is 12.2. The summed E-state index contributed by atoms with van der Waals surface area (Å²) in [6.45, 7) is 14.8. The topological polar surface area (TPSA) is 60.8 Å². The third-order valence-corrected chi connectivity index (χ3v) is 12.2. The Morgan fingerprint density at radius 3 is 2.47 bits per heavy atom. The van der Waals surface area contributed by atoms with Crippen LogP contribution in [0.1, 0.15) is 138 Å². The number of hydroxylamine groups is 2. The Labute approximate surface area is 234 Å². The predicted molar refractivity (Wildman–Crippen MR) is 156 cm³/mol. The molecular weight excluding hydrogens is 470 g/mol. The monoisotopic (exact) mass is 529 g/mol. The second kappa shape index (κ2) is 11.9. The van der Waals surface area contributed by atoms with E-state index in [1.807, 2.05) is 0 Å². The van der Waals surface area contributed by atoms with Crippen molar-refractivity contribution < 1.29 is 15.1 Å². The molecule has 0 aliphatic heterocycles. The summed E-state index contributed by atoms with van der Waals surface area (Å²) >= 11 is 0. The molecule has 4 nitrogen and oxygen atoms in total. The summed E-state index contributed by atoms with van der Waals surface area (Å²) in [6, 6.07) is 0. The summed E-state index contributed by atoms with van der Waals surface area (Å²) in [5.74, 6) is 4.22. The zero-order chi connectivity index (χ0) is 27.7. The van der Waals surface area contributed by atoms with E-state index in [-0.39, 0.29) is 5.41 Å². The molecule has 0 bridgehead atoms. The normalized spacial score (nSPS) is 39.2. The van der Waals surface area contributed by atoms with Gasteiger partial charge in [-0.15, -0.1) is 0 Å². The molecule has 3 saturated carbocycles. The standard InChI is InChI=1S/C34H59NO3/c1-7-8-9-10-22-35(38)31(36)34(37)21-20-32(5)26(23-34)14-15-27-29-17-16-28(25(4)13-11-12-24(2)3)33(29,6)19-18-30(27)32/h14,24-25,27-30,37-38H,7-13,15-23H2,1-6H3/t25-,27+,28-,29+,30+,32+,33-,34?/m1/s1. The SMILES string of the molecule is CCCCCCN(O)C(=O)C1(O)CC[C@@]2(C)C(=CC[C@H]3[C@@H]4CC[C@H]([C@H](C)CCCC(C)C)[C@@]4(C)CC[C@@H]32)C1. The van der Waals surface area contributed by atoms with E-state index in [4.69, 9.17) is 0 Å². The Bertz CT molecular complexity index is 853. The zero-order valence-electron chi connectivity index (χ0n) is 25.6. The maximum atomic E-state index is 13.1. The van der Waals surface area contributed by atoms with Gasteiger partial charge >= 0.3 is 0 Å². The average molecular weight is 530 g/mol. The van der Waals surface area contributed by atoms with E-state index in [0.29, 0.717) is 30.7 Å². The fraction of sp³-hybridized carbons (Fsp3) is 0.912. The maximum absolute atomic E-state index is 13.1. The first kappa shape index (κ1) is 30.1. The van der Waals surface area contributed by atoms with Crippen molar-refractivity contribution in [3.05, 3.63) is 11.6 Å². The fourth-order valence-electron chi connectivity index (χ4n) is 9.88. The van der Waals surface area contributed by atoms with Crippen LogP contribution in [0.5, 0.6) is 0 Å². The zero-order valence-corrected chi connectivity index (χ0v) is 25.6. The molecule has 4 heteroatoms. The van der Waals surface area contributed by atoms with Crippen molar-refractivity contribution >= 4 is 5.91 Å². The van der Waals surface area contributed by atoms with Gasteiger partial charge in [-0.3, -0.25) is 10.0 Å². The molecular formula is C34H59NO3. The first-order valence-electron chi connectivity index (χ1n) is 16.4. The summed E-state index contributed by atoms with van der Waals surface area (Å²) in [6.07, 6.45) is 18.8. The van der Waals surface area contributed by atoms with Crippen molar-refractivity contribution in [2.75, 3.05) is 6.54 Å². The molecule has 0 aromatic rings. The molecule has 4 rings (SSSR count). The highest BCUT2D eigenvalue weighted by molar-refractivity contribution is 5.84. The Morgan fingerprint density at radius 1 is 1.00 bits per heavy atom. The van der Waals surface area contributed by atoms with Crippen molar-refractivity contribution in [1.82, 2.24) is 5.06 Å². The van der Waals surface area contributed by atoms with Crippen LogP contribution in [0.2, 0.25) is 0 Å². The van der Waals surface area contributed by atoms with Gasteiger partial charge in [0.15, 0.2) is 0 Å². The van der Waals surface area contributed by atoms with Gasteiger partial charge in [-0.2, -0.15) is 0 Å². The molecule has 218 valence electrons. The van der Waals surface area contributed by atoms with Gasteiger partial charge in [0, 0.05) is 13.0 Å². The highest BCUT2D eigenvalue weighted by atomic mass is 16.5. The van der Waals surface area contributed by atoms with Crippen LogP contribution >= 0.6 is 0 Å². The van der Waals surface area contributed by atoms with Gasteiger partial charge in [0.1, 0.15) is 5.60 Å². The van der Waals surface area contributed by atoms with Crippen LogP contribution in [0.25, 0.3) is 0 Å². The summed E-state index contributed by atoms with van der Waals surface area (Å²) in [4.78, 5) is 13.1. The van der Waals surface area contributed by atoms with Gasteiger partial charge in [0.05, 0.1) is 0 Å². The number of aliphatic hydroxyl groups is 1. The van der Waals surface area contributed by atoms with Gasteiger partial charge in [0.25, 0.3) is 5.91 Å². The number of nitrogens with zero attached hydrogens (tertiary/aromatic N) is 1. The van der Waals surface area contributed by atoms with Gasteiger partial charge in [-0.25, -0.2) is 5.06 Å². The molecule has 38 heavy (non-hydrogen) atoms. The molecule has 1 unspecified atom stereocenters. The summed E-state index contributed by atoms with van der Waals surface area (Å²) in [7, 11) is 0. The largest absolute Gasteiger partial charge is 0.380 e. The highest BCUT2D eigenvalue weighted by Crippen LogP contribution is 2.67. The van der Waals surface area contributed by atoms with Crippen molar-refractivity contribution in [3.63, 3.8) is 0 Å². The lowest BCUT2D eigenvalue weighted by Crippen LogP contribution is -2.56. The van der Waals surface area contributed by atoms with Crippen molar-refractivity contribution in [1.29, 1.82) is 0 Å². The van der Waals surface area contributed by atoms with Crippen molar-refractivity contribution in [2.24, 2.45) is 46.3 Å². The van der Waals surface area contributed by atoms with Crippen molar-refractivity contribution in [3.8, 4) is 0 Å². The van der Waals surface area contributed by atoms with Crippen LogP contribution in [-0.2, 0) is 4.79 Å². The Kier molecular flexibility index (Phi) is 9.45. The van der Waals surface area contributed by atoms with E-state index >= 15 is 0 Å². The smallest absolute Gasteiger partial charge is 0.278 e. The third kappa shape index (κ3) is 5.65. The minimum Gasteiger partial charge on any atom is -0.380 e. The van der Waals surface area contributed by atoms with Gasteiger partial charge in [-0.1, -0.05) is 91.7 Å². The van der Waals surface area contributed by atoms with Crippen LogP contribution in [0, 0.1) is 46.3 Å². The lowest BCUT2D eigenvalue weighted by molar-refractivity contribution is -0.190. The number of unbranched alkanes of at least 4 members (excludes halogenated alkanes) is 3. The number of amides is 1. The number of hydrogen-bond acceptors (Lipinski definition) is 3. The molecule has 4 aliphatic carbocycles. The molecule has 0 spiro atoms. The second-order valence-corrected chi connectivity index (χ2v) is 15.0. The van der Waals surface area contributed by atoms with Crippen LogP contribution in [0.4, 0.5) is 0 Å². The first-order chi connectivity index (χ1) is 18.0. The van der Waals surface area contributed by atoms with E-state index in [0.717, 1.165) is 73.2 Å². The number of carbonyl (C=O) groups is 1. The second-order valence-electron chi connectivity index (χ2n) is 15.0. The lowest BCUT2D eigenvalue weighted by Gasteiger charge is -2.59. The summed E-state index contributed by atoms with van der Waals surface area (Å²) in [5, 5.41) is 22.7. The predicted octanol–water partition coefficient (Wildman–Crippen LogP) is 8.56. The number of allylic oxidation sites excluding steroid dienone is 1. The minimum absolute atomic E-state index is 0.0825. The van der Waals surface area contributed by atoms with Crippen LogP contribution in [0.3, 0.4) is 0 Å². The molecule has 0 aromatic carbocycles. The van der Waals surface area contributed by atoms with E-state index in [2.05, 4.69) is 47.6 Å². The van der Waals surface area contributed by atoms with Crippen LogP contribution < -0.4 is 0 Å². The van der Waals surface area contributed by atoms with Gasteiger partial charge < -0.3 is 5.11 Å². The molecule has 3 fully saturated rings. The number of carbonyl (C=O) groups excluding carboxylic acids is 1. The highest BCUT2D eigenvalue weighted by Gasteiger charge is 2.60.